The van der Waals surface area contributed by atoms with Crippen molar-refractivity contribution in [2.45, 2.75) is 19.9 Å². The predicted octanol–water partition coefficient (Wildman–Crippen LogP) is 1.73. The number of hydrogen-bond acceptors (Lipinski definition) is 4. The van der Waals surface area contributed by atoms with Crippen LogP contribution >= 0.6 is 12.2 Å². The van der Waals surface area contributed by atoms with Gasteiger partial charge in [0.2, 0.25) is 5.91 Å². The molecule has 1 N–H and O–H groups in total. The zero-order valence-electron chi connectivity index (χ0n) is 12.0. The summed E-state index contributed by atoms with van der Waals surface area (Å²) in [4.78, 5) is 25.6. The smallest absolute Gasteiger partial charge is 0.277 e. The molecule has 0 aliphatic carbocycles. The number of benzene rings is 1. The molecule has 6 heteroatoms. The summed E-state index contributed by atoms with van der Waals surface area (Å²) in [5, 5.41) is 2.90. The first kappa shape index (κ1) is 15.2. The molecule has 1 fully saturated rings. The zero-order chi connectivity index (χ0) is 15.6. The van der Waals surface area contributed by atoms with Crippen LogP contribution in [0.4, 0.5) is 0 Å². The van der Waals surface area contributed by atoms with E-state index < -0.39 is 6.04 Å². The second-order valence-electron chi connectivity index (χ2n) is 4.69. The number of nitrogens with one attached hydrogen (secondary N) is 1. The largest absolute Gasteiger partial charge is 0.497 e. The van der Waals surface area contributed by atoms with E-state index in [1.54, 1.807) is 32.2 Å². The molecule has 1 aliphatic heterocycles. The van der Waals surface area contributed by atoms with Crippen LogP contribution in [0.2, 0.25) is 0 Å². The van der Waals surface area contributed by atoms with Crippen LogP contribution in [0.3, 0.4) is 0 Å². The van der Waals surface area contributed by atoms with Gasteiger partial charge in [-0.15, -0.1) is 0 Å². The first-order valence-corrected chi connectivity index (χ1v) is 6.85. The van der Waals surface area contributed by atoms with Gasteiger partial charge in [0.15, 0.2) is 0 Å². The van der Waals surface area contributed by atoms with Crippen LogP contribution < -0.4 is 10.1 Å². The number of rotatable bonds is 2. The van der Waals surface area contributed by atoms with Crippen LogP contribution in [0.5, 0.6) is 5.75 Å². The summed E-state index contributed by atoms with van der Waals surface area (Å²) < 4.78 is 5.08. The molecule has 0 aromatic heterocycles. The fraction of sp³-hybridized carbons (Fsp3) is 0.267. The Kier molecular flexibility index (Phi) is 4.37. The minimum absolute atomic E-state index is 0.290. The lowest BCUT2D eigenvalue weighted by atomic mass is 10.1. The van der Waals surface area contributed by atoms with Crippen molar-refractivity contribution in [1.82, 2.24) is 10.2 Å². The maximum atomic E-state index is 12.3. The first-order valence-electron chi connectivity index (χ1n) is 6.44. The molecule has 1 aliphatic rings. The molecule has 0 spiro atoms. The van der Waals surface area contributed by atoms with Crippen molar-refractivity contribution in [3.05, 3.63) is 35.5 Å². The summed E-state index contributed by atoms with van der Waals surface area (Å²) in [6.07, 6.45) is 1.66. The topological polar surface area (TPSA) is 58.6 Å². The number of amides is 2. The summed E-state index contributed by atoms with van der Waals surface area (Å²) in [5.74, 6) is 0.0333. The van der Waals surface area contributed by atoms with Gasteiger partial charge in [0, 0.05) is 6.92 Å². The van der Waals surface area contributed by atoms with Crippen LogP contribution in [0.25, 0.3) is 6.08 Å². The number of methoxy groups -OCH3 is 1. The van der Waals surface area contributed by atoms with Crippen molar-refractivity contribution in [3.63, 3.8) is 0 Å². The molecule has 1 atom stereocenters. The van der Waals surface area contributed by atoms with Crippen LogP contribution in [-0.2, 0) is 9.59 Å². The van der Waals surface area contributed by atoms with Gasteiger partial charge in [-0.25, -0.2) is 0 Å². The van der Waals surface area contributed by atoms with Gasteiger partial charge in [-0.1, -0.05) is 24.4 Å². The van der Waals surface area contributed by atoms with Crippen molar-refractivity contribution in [2.24, 2.45) is 0 Å². The highest BCUT2D eigenvalue weighted by Crippen LogP contribution is 2.18. The number of carbonyl (C=O) groups excluding carboxylic acids is 2. The molecule has 21 heavy (non-hydrogen) atoms. The maximum absolute atomic E-state index is 12.3. The molecule has 0 saturated carbocycles. The van der Waals surface area contributed by atoms with Gasteiger partial charge in [0.05, 0.1) is 13.2 Å². The molecule has 2 rings (SSSR count). The van der Waals surface area contributed by atoms with Crippen molar-refractivity contribution >= 4 is 35.1 Å². The van der Waals surface area contributed by atoms with Crippen molar-refractivity contribution in [1.29, 1.82) is 0 Å². The number of carbonyl (C=O) groups is 2. The maximum Gasteiger partial charge on any atom is 0.277 e. The van der Waals surface area contributed by atoms with Gasteiger partial charge in [-0.3, -0.25) is 14.5 Å². The molecule has 1 aromatic rings. The highest BCUT2D eigenvalue weighted by molar-refractivity contribution is 7.80. The summed E-state index contributed by atoms with van der Waals surface area (Å²) >= 11 is 5.19. The Morgan fingerprint density at radius 3 is 2.52 bits per heavy atom. The average molecular weight is 304 g/mol. The van der Waals surface area contributed by atoms with Gasteiger partial charge >= 0.3 is 0 Å². The predicted molar refractivity (Wildman–Crippen MR) is 83.7 cm³/mol. The summed E-state index contributed by atoms with van der Waals surface area (Å²) in [5.41, 5.74) is 1.10. The highest BCUT2D eigenvalue weighted by atomic mass is 32.1. The zero-order valence-corrected chi connectivity index (χ0v) is 12.9. The molecular weight excluding hydrogens is 288 g/mol. The van der Waals surface area contributed by atoms with E-state index in [0.717, 1.165) is 16.2 Å². The molecule has 110 valence electrons. The summed E-state index contributed by atoms with van der Waals surface area (Å²) in [6.45, 7) is 3.08. The molecule has 1 aromatic carbocycles. The Balaban J connectivity index is 2.33. The number of piperazine rings is 1. The number of ether oxygens (including phenoxy) is 1. The minimum Gasteiger partial charge on any atom is -0.497 e. The number of hydrogen-bond donors (Lipinski definition) is 1. The number of nitrogens with zero attached hydrogens (tertiary/aromatic N) is 1. The Labute approximate surface area is 128 Å². The lowest BCUT2D eigenvalue weighted by Gasteiger charge is -2.33. The van der Waals surface area contributed by atoms with Gasteiger partial charge in [-0.05, 0) is 30.7 Å². The van der Waals surface area contributed by atoms with E-state index in [2.05, 4.69) is 5.32 Å². The van der Waals surface area contributed by atoms with E-state index in [4.69, 9.17) is 17.0 Å². The lowest BCUT2D eigenvalue weighted by Crippen LogP contribution is -2.56. The second-order valence-corrected chi connectivity index (χ2v) is 5.13. The molecule has 0 radical (unpaired) electrons. The molecule has 5 nitrogen and oxygen atoms in total. The van der Waals surface area contributed by atoms with E-state index in [9.17, 15) is 9.59 Å². The third kappa shape index (κ3) is 3.11. The van der Waals surface area contributed by atoms with Gasteiger partial charge in [0.25, 0.3) is 5.91 Å². The average Bonchev–Trinajstić information content (AvgIpc) is 2.45. The SMILES string of the molecule is COc1ccc(/C=C2\NC(=S)C(C)N(C(C)=O)C2=O)cc1. The Morgan fingerprint density at radius 1 is 1.38 bits per heavy atom. The van der Waals surface area contributed by atoms with E-state index in [-0.39, 0.29) is 11.8 Å². The minimum atomic E-state index is -0.432. The summed E-state index contributed by atoms with van der Waals surface area (Å²) in [6, 6.07) is 6.80. The van der Waals surface area contributed by atoms with E-state index >= 15 is 0 Å². The third-order valence-electron chi connectivity index (χ3n) is 3.24. The van der Waals surface area contributed by atoms with E-state index in [0.29, 0.717) is 10.7 Å². The standard InChI is InChI=1S/C15H16N2O3S/c1-9-14(21)16-13(15(19)17(9)10(2)18)8-11-4-6-12(20-3)7-5-11/h4-9H,1-3H3,(H,16,21)/b13-8-. The van der Waals surface area contributed by atoms with Crippen LogP contribution in [0.15, 0.2) is 30.0 Å². The van der Waals surface area contributed by atoms with Gasteiger partial charge in [-0.2, -0.15) is 0 Å². The van der Waals surface area contributed by atoms with Crippen LogP contribution in [0.1, 0.15) is 19.4 Å². The summed E-state index contributed by atoms with van der Waals surface area (Å²) in [7, 11) is 1.59. The van der Waals surface area contributed by atoms with Gasteiger partial charge in [0.1, 0.15) is 16.4 Å². The molecule has 1 unspecified atom stereocenters. The quantitative estimate of drug-likeness (QED) is 0.666. The first-order chi connectivity index (χ1) is 9.93. The Hall–Kier alpha value is -2.21. The normalized spacial score (nSPS) is 20.4. The second kappa shape index (κ2) is 6.05. The van der Waals surface area contributed by atoms with Crippen LogP contribution in [0, 0.1) is 0 Å². The van der Waals surface area contributed by atoms with E-state index in [1.165, 1.54) is 6.92 Å². The Morgan fingerprint density at radius 2 is 2.00 bits per heavy atom. The molecule has 1 saturated heterocycles. The molecule has 0 bridgehead atoms. The monoisotopic (exact) mass is 304 g/mol. The molecule has 2 amide bonds. The molecular formula is C15H16N2O3S. The fourth-order valence-electron chi connectivity index (χ4n) is 2.09. The van der Waals surface area contributed by atoms with Crippen LogP contribution in [-0.4, -0.2) is 34.9 Å². The highest BCUT2D eigenvalue weighted by Gasteiger charge is 2.34. The number of imide groups is 1. The fourth-order valence-corrected chi connectivity index (χ4v) is 2.31. The van der Waals surface area contributed by atoms with Gasteiger partial charge < -0.3 is 10.1 Å². The number of thiocarbonyl (C=S) groups is 1. The van der Waals surface area contributed by atoms with E-state index in [1.807, 2.05) is 12.1 Å². The molecule has 1 heterocycles. The van der Waals surface area contributed by atoms with Crippen molar-refractivity contribution in [3.8, 4) is 5.75 Å². The van der Waals surface area contributed by atoms with Crippen molar-refractivity contribution < 1.29 is 14.3 Å². The Bertz CT molecular complexity index is 622. The van der Waals surface area contributed by atoms with Crippen molar-refractivity contribution in [2.75, 3.05) is 7.11 Å². The lowest BCUT2D eigenvalue weighted by molar-refractivity contribution is -0.142. The third-order valence-corrected chi connectivity index (χ3v) is 3.68.